The van der Waals surface area contributed by atoms with Gasteiger partial charge < -0.3 is 10.4 Å². The zero-order chi connectivity index (χ0) is 13.5. The van der Waals surface area contributed by atoms with E-state index in [1.165, 1.54) is 16.0 Å². The van der Waals surface area contributed by atoms with Gasteiger partial charge in [-0.05, 0) is 35.4 Å². The Morgan fingerprint density at radius 3 is 2.48 bits per heavy atom. The first-order valence-corrected chi connectivity index (χ1v) is 7.69. The molecule has 2 aromatic rings. The van der Waals surface area contributed by atoms with E-state index in [1.54, 1.807) is 11.3 Å². The molecule has 0 amide bonds. The number of thiophene rings is 1. The third-order valence-corrected chi connectivity index (χ3v) is 4.27. The van der Waals surface area contributed by atoms with E-state index in [-0.39, 0.29) is 31.4 Å². The predicted molar refractivity (Wildman–Crippen MR) is 96.9 cm³/mol. The van der Waals surface area contributed by atoms with E-state index in [4.69, 9.17) is 5.11 Å². The number of hydrogen-bond donors (Lipinski definition) is 2. The zero-order valence-corrected chi connectivity index (χ0v) is 14.6. The van der Waals surface area contributed by atoms with Crippen LogP contribution in [0.25, 0.3) is 11.1 Å². The van der Waals surface area contributed by atoms with Crippen molar-refractivity contribution in [1.29, 1.82) is 0 Å². The van der Waals surface area contributed by atoms with Crippen molar-refractivity contribution in [2.45, 2.75) is 32.4 Å². The van der Waals surface area contributed by atoms with Crippen LogP contribution in [0.15, 0.2) is 41.8 Å². The smallest absolute Gasteiger partial charge is 0.0445 e. The molecule has 0 saturated heterocycles. The van der Waals surface area contributed by atoms with Crippen LogP contribution in [0.5, 0.6) is 0 Å². The molecular formula is C16H23Cl2NOS. The number of hydrogen-bond acceptors (Lipinski definition) is 3. The van der Waals surface area contributed by atoms with Crippen molar-refractivity contribution in [3.05, 3.63) is 46.7 Å². The van der Waals surface area contributed by atoms with Gasteiger partial charge >= 0.3 is 0 Å². The third kappa shape index (κ3) is 5.97. The fourth-order valence-electron chi connectivity index (χ4n) is 2.20. The first-order valence-electron chi connectivity index (χ1n) is 6.81. The van der Waals surface area contributed by atoms with Crippen molar-refractivity contribution in [3.8, 4) is 11.1 Å². The van der Waals surface area contributed by atoms with Gasteiger partial charge in [0.05, 0.1) is 0 Å². The second kappa shape index (κ2) is 11.0. The molecular weight excluding hydrogens is 325 g/mol. The van der Waals surface area contributed by atoms with Crippen LogP contribution in [0.3, 0.4) is 0 Å². The summed E-state index contributed by atoms with van der Waals surface area (Å²) in [7, 11) is 0. The Balaban J connectivity index is 0.00000200. The Hall–Kier alpha value is -0.580. The van der Waals surface area contributed by atoms with Crippen LogP contribution in [0.2, 0.25) is 0 Å². The molecule has 0 bridgehead atoms. The molecule has 2 rings (SSSR count). The summed E-state index contributed by atoms with van der Waals surface area (Å²) in [6.45, 7) is 3.28. The minimum Gasteiger partial charge on any atom is -0.396 e. The van der Waals surface area contributed by atoms with Crippen molar-refractivity contribution in [1.82, 2.24) is 5.32 Å². The molecule has 21 heavy (non-hydrogen) atoms. The maximum absolute atomic E-state index is 9.02. The van der Waals surface area contributed by atoms with E-state index in [9.17, 15) is 0 Å². The van der Waals surface area contributed by atoms with Crippen LogP contribution in [-0.2, 0) is 6.54 Å². The van der Waals surface area contributed by atoms with Gasteiger partial charge in [-0.15, -0.1) is 36.2 Å². The van der Waals surface area contributed by atoms with Gasteiger partial charge in [-0.2, -0.15) is 0 Å². The van der Waals surface area contributed by atoms with Gasteiger partial charge in [0.15, 0.2) is 0 Å². The summed E-state index contributed by atoms with van der Waals surface area (Å²) in [4.78, 5) is 1.36. The minimum atomic E-state index is 0. The van der Waals surface area contributed by atoms with Crippen molar-refractivity contribution in [2.75, 3.05) is 6.61 Å². The van der Waals surface area contributed by atoms with Crippen LogP contribution in [0.4, 0.5) is 0 Å². The lowest BCUT2D eigenvalue weighted by Gasteiger charge is -2.15. The second-order valence-electron chi connectivity index (χ2n) is 4.62. The lowest BCUT2D eigenvalue weighted by molar-refractivity contribution is 0.262. The number of halogens is 2. The van der Waals surface area contributed by atoms with Gasteiger partial charge in [0.1, 0.15) is 0 Å². The summed E-state index contributed by atoms with van der Waals surface area (Å²) < 4.78 is 0. The summed E-state index contributed by atoms with van der Waals surface area (Å²) in [5.41, 5.74) is 2.59. The topological polar surface area (TPSA) is 32.3 Å². The monoisotopic (exact) mass is 347 g/mol. The van der Waals surface area contributed by atoms with Crippen molar-refractivity contribution < 1.29 is 5.11 Å². The standard InChI is InChI=1S/C16H21NOS.2ClH/c1-2-14(8-10-18)17-12-16-15(9-11-19-16)13-6-4-3-5-7-13;;/h3-7,9,11,14,17-18H,2,8,10,12H2,1H3;2*1H. The first-order chi connectivity index (χ1) is 9.35. The van der Waals surface area contributed by atoms with Gasteiger partial charge in [0, 0.05) is 24.1 Å². The molecule has 0 aliphatic carbocycles. The van der Waals surface area contributed by atoms with E-state index in [2.05, 4.69) is 48.0 Å². The van der Waals surface area contributed by atoms with Gasteiger partial charge in [-0.1, -0.05) is 37.3 Å². The Morgan fingerprint density at radius 1 is 1.14 bits per heavy atom. The number of rotatable bonds is 7. The molecule has 0 fully saturated rings. The number of aliphatic hydroxyl groups is 1. The Labute approximate surface area is 143 Å². The van der Waals surface area contributed by atoms with Crippen LogP contribution >= 0.6 is 36.2 Å². The fourth-order valence-corrected chi connectivity index (χ4v) is 3.04. The van der Waals surface area contributed by atoms with Crippen molar-refractivity contribution in [2.24, 2.45) is 0 Å². The van der Waals surface area contributed by atoms with Gasteiger partial charge in [-0.3, -0.25) is 0 Å². The van der Waals surface area contributed by atoms with Crippen LogP contribution in [0.1, 0.15) is 24.6 Å². The zero-order valence-electron chi connectivity index (χ0n) is 12.1. The van der Waals surface area contributed by atoms with Crippen LogP contribution in [0, 0.1) is 0 Å². The van der Waals surface area contributed by atoms with E-state index in [0.717, 1.165) is 19.4 Å². The maximum atomic E-state index is 9.02. The van der Waals surface area contributed by atoms with Gasteiger partial charge in [0.2, 0.25) is 0 Å². The van der Waals surface area contributed by atoms with Gasteiger partial charge in [0.25, 0.3) is 0 Å². The lowest BCUT2D eigenvalue weighted by Crippen LogP contribution is -2.28. The molecule has 118 valence electrons. The predicted octanol–water partition coefficient (Wildman–Crippen LogP) is 4.51. The quantitative estimate of drug-likeness (QED) is 0.772. The lowest BCUT2D eigenvalue weighted by atomic mass is 10.1. The summed E-state index contributed by atoms with van der Waals surface area (Å²) in [6, 6.07) is 13.1. The van der Waals surface area contributed by atoms with E-state index in [0.29, 0.717) is 6.04 Å². The number of benzene rings is 1. The van der Waals surface area contributed by atoms with Crippen LogP contribution < -0.4 is 5.32 Å². The third-order valence-electron chi connectivity index (χ3n) is 3.35. The molecule has 0 saturated carbocycles. The Kier molecular flexibility index (Phi) is 10.7. The summed E-state index contributed by atoms with van der Waals surface area (Å²) in [6.07, 6.45) is 1.87. The average molecular weight is 348 g/mol. The number of nitrogens with one attached hydrogen (secondary N) is 1. The molecule has 0 aliphatic heterocycles. The van der Waals surface area contributed by atoms with Crippen molar-refractivity contribution in [3.63, 3.8) is 0 Å². The minimum absolute atomic E-state index is 0. The molecule has 2 nitrogen and oxygen atoms in total. The molecule has 1 atom stereocenters. The highest BCUT2D eigenvalue weighted by Gasteiger charge is 2.09. The molecule has 2 N–H and O–H groups in total. The summed E-state index contributed by atoms with van der Waals surface area (Å²) in [5, 5.41) is 14.7. The molecule has 0 spiro atoms. The van der Waals surface area contributed by atoms with Gasteiger partial charge in [-0.25, -0.2) is 0 Å². The highest BCUT2D eigenvalue weighted by Crippen LogP contribution is 2.28. The largest absolute Gasteiger partial charge is 0.396 e. The fraction of sp³-hybridized carbons (Fsp3) is 0.375. The second-order valence-corrected chi connectivity index (χ2v) is 5.62. The average Bonchev–Trinajstić information content (AvgIpc) is 2.93. The normalized spacial score (nSPS) is 11.3. The van der Waals surface area contributed by atoms with E-state index >= 15 is 0 Å². The Bertz CT molecular complexity index is 490. The SMILES string of the molecule is CCC(CCO)NCc1sccc1-c1ccccc1.Cl.Cl. The molecule has 1 aromatic carbocycles. The molecule has 1 aromatic heterocycles. The van der Waals surface area contributed by atoms with E-state index in [1.807, 2.05) is 6.07 Å². The van der Waals surface area contributed by atoms with Crippen molar-refractivity contribution >= 4 is 36.2 Å². The molecule has 0 radical (unpaired) electrons. The highest BCUT2D eigenvalue weighted by molar-refractivity contribution is 7.10. The molecule has 0 aliphatic rings. The number of aliphatic hydroxyl groups excluding tert-OH is 1. The first kappa shape index (κ1) is 20.4. The summed E-state index contributed by atoms with van der Waals surface area (Å²) in [5.74, 6) is 0. The van der Waals surface area contributed by atoms with Crippen LogP contribution in [-0.4, -0.2) is 17.8 Å². The summed E-state index contributed by atoms with van der Waals surface area (Å²) >= 11 is 1.79. The molecule has 1 unspecified atom stereocenters. The maximum Gasteiger partial charge on any atom is 0.0445 e. The van der Waals surface area contributed by atoms with E-state index < -0.39 is 0 Å². The highest BCUT2D eigenvalue weighted by atomic mass is 35.5. The molecule has 1 heterocycles. The Morgan fingerprint density at radius 2 is 1.86 bits per heavy atom. The molecule has 5 heteroatoms.